The van der Waals surface area contributed by atoms with Gasteiger partial charge in [0, 0.05) is 11.4 Å². The lowest BCUT2D eigenvalue weighted by Gasteiger charge is -2.36. The van der Waals surface area contributed by atoms with Crippen molar-refractivity contribution in [1.29, 1.82) is 0 Å². The van der Waals surface area contributed by atoms with Crippen molar-refractivity contribution in [3.05, 3.63) is 54.1 Å². The molecule has 2 atom stereocenters. The normalized spacial score (nSPS) is 22.5. The molecule has 0 radical (unpaired) electrons. The quantitative estimate of drug-likeness (QED) is 0.543. The largest absolute Gasteiger partial charge is 0.325 e. The van der Waals surface area contributed by atoms with Crippen molar-refractivity contribution in [2.75, 3.05) is 16.6 Å². The first-order chi connectivity index (χ1) is 16.1. The molecule has 9 nitrogen and oxygen atoms in total. The second-order valence-corrected chi connectivity index (χ2v) is 10.7. The fourth-order valence-corrected chi connectivity index (χ4v) is 5.59. The molecule has 4 rings (SSSR count). The van der Waals surface area contributed by atoms with Crippen molar-refractivity contribution in [2.45, 2.75) is 50.0 Å². The standard InChI is InChI=1S/C24H28N4O5S/c1-16-6-12-20(13-7-16)34(32,33)27-19-10-8-18(9-11-19)25-21(29)15-28-22(30)24(26-23(28)31)14-4-3-5-17(24)2/h6-13,17,27H,3-5,14-15H2,1-2H3,(H,25,29)(H,26,31)/t17-,24-/m1/s1. The van der Waals surface area contributed by atoms with Crippen LogP contribution in [0.4, 0.5) is 16.2 Å². The van der Waals surface area contributed by atoms with Crippen LogP contribution >= 0.6 is 0 Å². The molecule has 1 saturated carbocycles. The second kappa shape index (κ2) is 9.09. The second-order valence-electron chi connectivity index (χ2n) is 8.98. The lowest BCUT2D eigenvalue weighted by Crippen LogP contribution is -2.54. The molecule has 10 heteroatoms. The monoisotopic (exact) mass is 484 g/mol. The van der Waals surface area contributed by atoms with Gasteiger partial charge in [-0.3, -0.25) is 19.2 Å². The number of urea groups is 1. The summed E-state index contributed by atoms with van der Waals surface area (Å²) in [5.41, 5.74) is 0.791. The number of imide groups is 1. The molecule has 0 aromatic heterocycles. The van der Waals surface area contributed by atoms with Crippen LogP contribution in [0.1, 0.15) is 38.2 Å². The number of carbonyl (C=O) groups is 3. The molecule has 4 amide bonds. The fraction of sp³-hybridized carbons (Fsp3) is 0.375. The maximum atomic E-state index is 13.0. The van der Waals surface area contributed by atoms with Crippen LogP contribution in [0.2, 0.25) is 0 Å². The molecule has 1 aliphatic heterocycles. The predicted octanol–water partition coefficient (Wildman–Crippen LogP) is 3.24. The van der Waals surface area contributed by atoms with E-state index in [0.29, 0.717) is 17.8 Å². The lowest BCUT2D eigenvalue weighted by atomic mass is 9.73. The molecule has 34 heavy (non-hydrogen) atoms. The van der Waals surface area contributed by atoms with Crippen molar-refractivity contribution >= 4 is 39.2 Å². The molecule has 2 aromatic rings. The molecule has 1 aliphatic carbocycles. The van der Waals surface area contributed by atoms with Gasteiger partial charge in [0.15, 0.2) is 0 Å². The smallest absolute Gasteiger partial charge is 0.325 e. The van der Waals surface area contributed by atoms with E-state index in [0.717, 1.165) is 29.7 Å². The number of rotatable bonds is 6. The van der Waals surface area contributed by atoms with Crippen LogP contribution in [-0.4, -0.2) is 43.2 Å². The van der Waals surface area contributed by atoms with Gasteiger partial charge in [0.2, 0.25) is 5.91 Å². The number of aryl methyl sites for hydroxylation is 1. The Labute approximate surface area is 199 Å². The zero-order chi connectivity index (χ0) is 24.5. The van der Waals surface area contributed by atoms with Crippen LogP contribution < -0.4 is 15.4 Å². The van der Waals surface area contributed by atoms with Gasteiger partial charge in [0.25, 0.3) is 15.9 Å². The third-order valence-electron chi connectivity index (χ3n) is 6.56. The summed E-state index contributed by atoms with van der Waals surface area (Å²) in [6, 6.07) is 12.1. The zero-order valence-corrected chi connectivity index (χ0v) is 19.9. The summed E-state index contributed by atoms with van der Waals surface area (Å²) < 4.78 is 27.5. The molecule has 1 spiro atoms. The molecular formula is C24H28N4O5S. The Morgan fingerprint density at radius 3 is 2.35 bits per heavy atom. The lowest BCUT2D eigenvalue weighted by molar-refractivity contribution is -0.136. The van der Waals surface area contributed by atoms with Gasteiger partial charge >= 0.3 is 6.03 Å². The first-order valence-electron chi connectivity index (χ1n) is 11.2. The molecule has 1 saturated heterocycles. The van der Waals surface area contributed by atoms with Crippen LogP contribution in [0.25, 0.3) is 0 Å². The van der Waals surface area contributed by atoms with E-state index >= 15 is 0 Å². The Bertz CT molecular complexity index is 1210. The molecule has 2 fully saturated rings. The fourth-order valence-electron chi connectivity index (χ4n) is 4.54. The van der Waals surface area contributed by atoms with Gasteiger partial charge in [-0.2, -0.15) is 0 Å². The Kier molecular flexibility index (Phi) is 6.35. The summed E-state index contributed by atoms with van der Waals surface area (Å²) in [6.07, 6.45) is 3.31. The highest BCUT2D eigenvalue weighted by Crippen LogP contribution is 2.38. The number of hydrogen-bond donors (Lipinski definition) is 3. The molecule has 0 bridgehead atoms. The number of benzene rings is 2. The number of sulfonamides is 1. The Hall–Kier alpha value is -3.40. The van der Waals surface area contributed by atoms with Crippen molar-refractivity contribution in [1.82, 2.24) is 10.2 Å². The Morgan fingerprint density at radius 1 is 1.06 bits per heavy atom. The molecule has 2 aromatic carbocycles. The van der Waals surface area contributed by atoms with Crippen LogP contribution in [-0.2, 0) is 19.6 Å². The summed E-state index contributed by atoms with van der Waals surface area (Å²) in [6.45, 7) is 3.44. The number of amides is 4. The summed E-state index contributed by atoms with van der Waals surface area (Å²) in [7, 11) is -3.74. The van der Waals surface area contributed by atoms with E-state index < -0.39 is 27.5 Å². The first-order valence-corrected chi connectivity index (χ1v) is 12.7. The van der Waals surface area contributed by atoms with E-state index in [9.17, 15) is 22.8 Å². The van der Waals surface area contributed by atoms with Crippen molar-refractivity contribution in [3.63, 3.8) is 0 Å². The minimum atomic E-state index is -3.74. The van der Waals surface area contributed by atoms with Gasteiger partial charge in [0.1, 0.15) is 12.1 Å². The van der Waals surface area contributed by atoms with E-state index in [4.69, 9.17) is 0 Å². The average molecular weight is 485 g/mol. The van der Waals surface area contributed by atoms with Gasteiger partial charge < -0.3 is 10.6 Å². The molecule has 180 valence electrons. The van der Waals surface area contributed by atoms with Crippen molar-refractivity contribution in [2.24, 2.45) is 5.92 Å². The summed E-state index contributed by atoms with van der Waals surface area (Å²) in [4.78, 5) is 39.1. The summed E-state index contributed by atoms with van der Waals surface area (Å²) >= 11 is 0. The number of carbonyl (C=O) groups excluding carboxylic acids is 3. The molecular weight excluding hydrogens is 456 g/mol. The zero-order valence-electron chi connectivity index (χ0n) is 19.1. The minimum absolute atomic E-state index is 0.0157. The Balaban J connectivity index is 1.37. The van der Waals surface area contributed by atoms with Gasteiger partial charge in [-0.1, -0.05) is 37.5 Å². The van der Waals surface area contributed by atoms with Gasteiger partial charge in [0.05, 0.1) is 4.90 Å². The number of hydrogen-bond acceptors (Lipinski definition) is 5. The summed E-state index contributed by atoms with van der Waals surface area (Å²) in [5, 5.41) is 5.48. The van der Waals surface area contributed by atoms with Gasteiger partial charge in [-0.25, -0.2) is 13.2 Å². The number of anilines is 2. The Morgan fingerprint density at radius 2 is 1.71 bits per heavy atom. The molecule has 0 unspecified atom stereocenters. The molecule has 1 heterocycles. The minimum Gasteiger partial charge on any atom is -0.325 e. The third kappa shape index (κ3) is 4.63. The predicted molar refractivity (Wildman–Crippen MR) is 128 cm³/mol. The van der Waals surface area contributed by atoms with E-state index in [2.05, 4.69) is 15.4 Å². The number of nitrogens with zero attached hydrogens (tertiary/aromatic N) is 1. The third-order valence-corrected chi connectivity index (χ3v) is 7.95. The van der Waals surface area contributed by atoms with Crippen LogP contribution in [0, 0.1) is 12.8 Å². The van der Waals surface area contributed by atoms with Gasteiger partial charge in [-0.05, 0) is 62.1 Å². The van der Waals surface area contributed by atoms with Crippen LogP contribution in [0.3, 0.4) is 0 Å². The van der Waals surface area contributed by atoms with E-state index in [-0.39, 0.29) is 23.3 Å². The molecule has 3 N–H and O–H groups in total. The van der Waals surface area contributed by atoms with E-state index in [1.54, 1.807) is 24.3 Å². The first kappa shape index (κ1) is 23.7. The topological polar surface area (TPSA) is 125 Å². The maximum absolute atomic E-state index is 13.0. The average Bonchev–Trinajstić information content (AvgIpc) is 3.02. The SMILES string of the molecule is Cc1ccc(S(=O)(=O)Nc2ccc(NC(=O)CN3C(=O)N[C@@]4(CCCC[C@H]4C)C3=O)cc2)cc1. The van der Waals surface area contributed by atoms with Crippen LogP contribution in [0.5, 0.6) is 0 Å². The maximum Gasteiger partial charge on any atom is 0.325 e. The highest BCUT2D eigenvalue weighted by molar-refractivity contribution is 7.92. The highest BCUT2D eigenvalue weighted by atomic mass is 32.2. The van der Waals surface area contributed by atoms with E-state index in [1.165, 1.54) is 24.3 Å². The van der Waals surface area contributed by atoms with Gasteiger partial charge in [-0.15, -0.1) is 0 Å². The van der Waals surface area contributed by atoms with Crippen molar-refractivity contribution < 1.29 is 22.8 Å². The highest BCUT2D eigenvalue weighted by Gasteiger charge is 2.55. The van der Waals surface area contributed by atoms with E-state index in [1.807, 2.05) is 13.8 Å². The van der Waals surface area contributed by atoms with Crippen molar-refractivity contribution in [3.8, 4) is 0 Å². The summed E-state index contributed by atoms with van der Waals surface area (Å²) in [5.74, 6) is -0.847. The number of nitrogens with one attached hydrogen (secondary N) is 3. The molecule has 2 aliphatic rings. The van der Waals surface area contributed by atoms with Crippen LogP contribution in [0.15, 0.2) is 53.4 Å².